The normalized spacial score (nSPS) is 20.4. The van der Waals surface area contributed by atoms with Gasteiger partial charge in [-0.1, -0.05) is 6.42 Å². The van der Waals surface area contributed by atoms with E-state index in [2.05, 4.69) is 20.8 Å². The van der Waals surface area contributed by atoms with Crippen LogP contribution in [-0.2, 0) is 0 Å². The van der Waals surface area contributed by atoms with Crippen molar-refractivity contribution in [2.24, 2.45) is 0 Å². The third-order valence-electron chi connectivity index (χ3n) is 2.80. The minimum Gasteiger partial charge on any atom is -0.386 e. The van der Waals surface area contributed by atoms with Gasteiger partial charge in [-0.25, -0.2) is 0 Å². The molecule has 0 aliphatic carbocycles. The summed E-state index contributed by atoms with van der Waals surface area (Å²) in [4.78, 5) is 3.43. The van der Waals surface area contributed by atoms with Crippen molar-refractivity contribution in [3.05, 3.63) is 20.8 Å². The molecule has 4 heteroatoms. The Morgan fingerprint density at radius 3 is 2.67 bits per heavy atom. The maximum absolute atomic E-state index is 10.0. The van der Waals surface area contributed by atoms with Gasteiger partial charge in [0.1, 0.15) is 6.10 Å². The van der Waals surface area contributed by atoms with E-state index in [1.54, 1.807) is 11.3 Å². The Labute approximate surface area is 103 Å². The summed E-state index contributed by atoms with van der Waals surface area (Å²) in [6, 6.07) is 4.00. The first-order chi connectivity index (χ1) is 7.25. The molecule has 1 unspecified atom stereocenters. The molecule has 1 aromatic rings. The Kier molecular flexibility index (Phi) is 4.20. The van der Waals surface area contributed by atoms with Gasteiger partial charge in [-0.05, 0) is 54.0 Å². The van der Waals surface area contributed by atoms with Gasteiger partial charge in [0.25, 0.3) is 0 Å². The summed E-state index contributed by atoms with van der Waals surface area (Å²) in [6.07, 6.45) is 3.58. The van der Waals surface area contributed by atoms with Crippen LogP contribution in [0.25, 0.3) is 0 Å². The number of nitrogens with zero attached hydrogens (tertiary/aromatic N) is 1. The Hall–Kier alpha value is 0.1000. The van der Waals surface area contributed by atoms with Crippen LogP contribution >= 0.6 is 27.3 Å². The number of aliphatic hydroxyl groups is 1. The summed E-state index contributed by atoms with van der Waals surface area (Å²) in [5.74, 6) is 0. The zero-order chi connectivity index (χ0) is 10.7. The fourth-order valence-electron chi connectivity index (χ4n) is 1.98. The molecule has 0 aromatic carbocycles. The van der Waals surface area contributed by atoms with Gasteiger partial charge in [0.05, 0.1) is 3.79 Å². The van der Waals surface area contributed by atoms with Crippen molar-refractivity contribution < 1.29 is 5.11 Å². The van der Waals surface area contributed by atoms with Gasteiger partial charge < -0.3 is 10.0 Å². The molecule has 2 nitrogen and oxygen atoms in total. The van der Waals surface area contributed by atoms with Gasteiger partial charge >= 0.3 is 0 Å². The fraction of sp³-hybridized carbons (Fsp3) is 0.636. The molecule has 1 aliphatic rings. The van der Waals surface area contributed by atoms with Crippen LogP contribution in [0.15, 0.2) is 15.9 Å². The molecule has 0 saturated carbocycles. The van der Waals surface area contributed by atoms with E-state index in [0.717, 1.165) is 28.3 Å². The van der Waals surface area contributed by atoms with Crippen LogP contribution in [-0.4, -0.2) is 29.6 Å². The molecule has 1 fully saturated rings. The second-order valence-electron chi connectivity index (χ2n) is 4.02. The average Bonchev–Trinajstić information content (AvgIpc) is 2.66. The second kappa shape index (κ2) is 5.43. The topological polar surface area (TPSA) is 23.5 Å². The number of aliphatic hydroxyl groups excluding tert-OH is 1. The van der Waals surface area contributed by atoms with E-state index >= 15 is 0 Å². The number of likely N-dealkylation sites (tertiary alicyclic amines) is 1. The van der Waals surface area contributed by atoms with Crippen LogP contribution in [0.1, 0.15) is 30.2 Å². The van der Waals surface area contributed by atoms with Gasteiger partial charge in [0.15, 0.2) is 0 Å². The van der Waals surface area contributed by atoms with Crippen molar-refractivity contribution in [1.29, 1.82) is 0 Å². The van der Waals surface area contributed by atoms with E-state index in [-0.39, 0.29) is 6.10 Å². The Bertz CT molecular complexity index is 309. The third kappa shape index (κ3) is 3.28. The number of hydrogen-bond acceptors (Lipinski definition) is 3. The van der Waals surface area contributed by atoms with Crippen molar-refractivity contribution in [2.75, 3.05) is 19.6 Å². The number of thiophene rings is 1. The molecule has 1 aromatic heterocycles. The summed E-state index contributed by atoms with van der Waals surface area (Å²) in [7, 11) is 0. The van der Waals surface area contributed by atoms with E-state index in [0.29, 0.717) is 0 Å². The summed E-state index contributed by atoms with van der Waals surface area (Å²) < 4.78 is 1.09. The molecule has 2 heterocycles. The molecule has 2 rings (SSSR count). The molecule has 15 heavy (non-hydrogen) atoms. The van der Waals surface area contributed by atoms with Gasteiger partial charge in [0.2, 0.25) is 0 Å². The second-order valence-corrected chi connectivity index (χ2v) is 6.51. The van der Waals surface area contributed by atoms with E-state index in [1.807, 2.05) is 12.1 Å². The molecule has 1 saturated heterocycles. The predicted octanol–water partition coefficient (Wildman–Crippen LogP) is 3.03. The van der Waals surface area contributed by atoms with Crippen LogP contribution in [0.3, 0.4) is 0 Å². The smallest absolute Gasteiger partial charge is 0.101 e. The number of halogens is 1. The Morgan fingerprint density at radius 2 is 2.07 bits per heavy atom. The minimum absolute atomic E-state index is 0.320. The molecule has 1 atom stereocenters. The van der Waals surface area contributed by atoms with E-state index in [9.17, 15) is 5.11 Å². The quantitative estimate of drug-likeness (QED) is 0.925. The third-order valence-corrected chi connectivity index (χ3v) is 4.53. The maximum atomic E-state index is 10.0. The largest absolute Gasteiger partial charge is 0.386 e. The van der Waals surface area contributed by atoms with E-state index < -0.39 is 0 Å². The van der Waals surface area contributed by atoms with Crippen molar-refractivity contribution in [3.63, 3.8) is 0 Å². The van der Waals surface area contributed by atoms with Crippen LogP contribution in [0.5, 0.6) is 0 Å². The van der Waals surface area contributed by atoms with Gasteiger partial charge in [-0.3, -0.25) is 0 Å². The minimum atomic E-state index is -0.320. The van der Waals surface area contributed by atoms with Crippen LogP contribution < -0.4 is 0 Å². The number of rotatable bonds is 3. The number of hydrogen-bond donors (Lipinski definition) is 1. The summed E-state index contributed by atoms with van der Waals surface area (Å²) in [6.45, 7) is 3.07. The average molecular weight is 290 g/mol. The maximum Gasteiger partial charge on any atom is 0.101 e. The summed E-state index contributed by atoms with van der Waals surface area (Å²) >= 11 is 5.04. The van der Waals surface area contributed by atoms with Crippen molar-refractivity contribution >= 4 is 27.3 Å². The molecule has 0 radical (unpaired) electrons. The van der Waals surface area contributed by atoms with Crippen molar-refractivity contribution in [3.8, 4) is 0 Å². The lowest BCUT2D eigenvalue weighted by Crippen LogP contribution is -2.33. The molecule has 0 spiro atoms. The Balaban J connectivity index is 1.88. The molecule has 84 valence electrons. The zero-order valence-corrected chi connectivity index (χ0v) is 11.1. The number of piperidine rings is 1. The molecule has 1 N–H and O–H groups in total. The van der Waals surface area contributed by atoms with Gasteiger partial charge in [-0.2, -0.15) is 0 Å². The SMILES string of the molecule is OC(CN1CCCCC1)c1ccc(Br)s1. The fourth-order valence-corrected chi connectivity index (χ4v) is 3.38. The van der Waals surface area contributed by atoms with Crippen LogP contribution in [0, 0.1) is 0 Å². The number of β-amino-alcohol motifs (C(OH)–C–C–N with tert-alkyl or cyclic N) is 1. The lowest BCUT2D eigenvalue weighted by molar-refractivity contribution is 0.104. The lowest BCUT2D eigenvalue weighted by atomic mass is 10.1. The predicted molar refractivity (Wildman–Crippen MR) is 67.3 cm³/mol. The van der Waals surface area contributed by atoms with Crippen LogP contribution in [0.2, 0.25) is 0 Å². The molecular weight excluding hydrogens is 274 g/mol. The molecule has 1 aliphatic heterocycles. The molecule has 0 amide bonds. The highest BCUT2D eigenvalue weighted by Crippen LogP contribution is 2.28. The van der Waals surface area contributed by atoms with Crippen molar-refractivity contribution in [2.45, 2.75) is 25.4 Å². The zero-order valence-electron chi connectivity index (χ0n) is 8.66. The highest BCUT2D eigenvalue weighted by atomic mass is 79.9. The van der Waals surface area contributed by atoms with E-state index in [1.165, 1.54) is 19.3 Å². The molecular formula is C11H16BrNOS. The first kappa shape index (κ1) is 11.6. The van der Waals surface area contributed by atoms with Gasteiger partial charge in [0, 0.05) is 11.4 Å². The first-order valence-electron chi connectivity index (χ1n) is 5.41. The highest BCUT2D eigenvalue weighted by molar-refractivity contribution is 9.11. The monoisotopic (exact) mass is 289 g/mol. The van der Waals surface area contributed by atoms with Crippen molar-refractivity contribution in [1.82, 2.24) is 4.90 Å². The summed E-state index contributed by atoms with van der Waals surface area (Å²) in [5, 5.41) is 10.0. The lowest BCUT2D eigenvalue weighted by Gasteiger charge is -2.28. The van der Waals surface area contributed by atoms with Gasteiger partial charge in [-0.15, -0.1) is 11.3 Å². The standard InChI is InChI=1S/C11H16BrNOS/c12-11-5-4-10(15-11)9(14)8-13-6-2-1-3-7-13/h4-5,9,14H,1-3,6-8H2. The summed E-state index contributed by atoms with van der Waals surface area (Å²) in [5.41, 5.74) is 0. The molecule has 0 bridgehead atoms. The Morgan fingerprint density at radius 1 is 1.33 bits per heavy atom. The first-order valence-corrected chi connectivity index (χ1v) is 7.02. The van der Waals surface area contributed by atoms with E-state index in [4.69, 9.17) is 0 Å². The van der Waals surface area contributed by atoms with Crippen LogP contribution in [0.4, 0.5) is 0 Å². The highest BCUT2D eigenvalue weighted by Gasteiger charge is 2.16.